The topological polar surface area (TPSA) is 71.8 Å². The van der Waals surface area contributed by atoms with E-state index in [4.69, 9.17) is 0 Å². The second kappa shape index (κ2) is 3.03. The lowest BCUT2D eigenvalue weighted by Crippen LogP contribution is -1.88. The van der Waals surface area contributed by atoms with Crippen molar-refractivity contribution < 1.29 is 4.92 Å². The molecule has 16 heavy (non-hydrogen) atoms. The highest BCUT2D eigenvalue weighted by molar-refractivity contribution is 6.07. The first-order valence-electron chi connectivity index (χ1n) is 4.77. The number of hydrogen-bond donors (Lipinski definition) is 1. The Morgan fingerprint density at radius 1 is 1.25 bits per heavy atom. The standard InChI is InChI=1S/C11H7N3O2/c15-14(16)9-5-1-3-7-10-8(13-11(7)9)4-2-6-12-10/h1-6,13H. The number of rotatable bonds is 1. The molecule has 0 spiro atoms. The molecule has 0 aliphatic carbocycles. The first-order valence-corrected chi connectivity index (χ1v) is 4.77. The van der Waals surface area contributed by atoms with Crippen LogP contribution >= 0.6 is 0 Å². The van der Waals surface area contributed by atoms with Gasteiger partial charge in [-0.2, -0.15) is 0 Å². The molecule has 0 unspecified atom stereocenters. The number of non-ortho nitro benzene ring substituents is 1. The van der Waals surface area contributed by atoms with Crippen molar-refractivity contribution in [1.29, 1.82) is 0 Å². The maximum absolute atomic E-state index is 10.9. The Kier molecular flexibility index (Phi) is 1.67. The van der Waals surface area contributed by atoms with Crippen LogP contribution in [-0.4, -0.2) is 14.9 Å². The SMILES string of the molecule is O=[N+]([O-])c1cccc2c1[nH]c1cccnc12. The van der Waals surface area contributed by atoms with Gasteiger partial charge in [-0.25, -0.2) is 0 Å². The van der Waals surface area contributed by atoms with Crippen LogP contribution < -0.4 is 0 Å². The first kappa shape index (κ1) is 8.84. The fourth-order valence-electron chi connectivity index (χ4n) is 1.88. The van der Waals surface area contributed by atoms with E-state index in [1.165, 1.54) is 6.07 Å². The maximum Gasteiger partial charge on any atom is 0.293 e. The molecule has 2 aromatic heterocycles. The zero-order valence-corrected chi connectivity index (χ0v) is 8.18. The summed E-state index contributed by atoms with van der Waals surface area (Å²) < 4.78 is 0. The van der Waals surface area contributed by atoms with Crippen LogP contribution in [0.2, 0.25) is 0 Å². The molecule has 0 radical (unpaired) electrons. The summed E-state index contributed by atoms with van der Waals surface area (Å²) in [6.07, 6.45) is 1.68. The van der Waals surface area contributed by atoms with Crippen molar-refractivity contribution >= 4 is 27.6 Å². The number of nitrogens with one attached hydrogen (secondary N) is 1. The van der Waals surface area contributed by atoms with Crippen LogP contribution in [0.1, 0.15) is 0 Å². The summed E-state index contributed by atoms with van der Waals surface area (Å²) in [7, 11) is 0. The Morgan fingerprint density at radius 2 is 2.12 bits per heavy atom. The number of nitro groups is 1. The van der Waals surface area contributed by atoms with E-state index in [1.54, 1.807) is 18.3 Å². The fraction of sp³-hybridized carbons (Fsp3) is 0. The van der Waals surface area contributed by atoms with E-state index in [2.05, 4.69) is 9.97 Å². The van der Waals surface area contributed by atoms with Crippen LogP contribution in [0.15, 0.2) is 36.5 Å². The number of pyridine rings is 1. The molecule has 0 bridgehead atoms. The lowest BCUT2D eigenvalue weighted by atomic mass is 10.2. The third-order valence-electron chi connectivity index (χ3n) is 2.56. The summed E-state index contributed by atoms with van der Waals surface area (Å²) in [6.45, 7) is 0. The lowest BCUT2D eigenvalue weighted by Gasteiger charge is -1.92. The second-order valence-electron chi connectivity index (χ2n) is 3.48. The van der Waals surface area contributed by atoms with Gasteiger partial charge in [0.1, 0.15) is 5.52 Å². The average molecular weight is 213 g/mol. The molecular formula is C11H7N3O2. The quantitative estimate of drug-likeness (QED) is 0.498. The first-order chi connectivity index (χ1) is 7.77. The van der Waals surface area contributed by atoms with Crippen LogP contribution in [0.25, 0.3) is 21.9 Å². The van der Waals surface area contributed by atoms with Crippen LogP contribution in [0.4, 0.5) is 5.69 Å². The third kappa shape index (κ3) is 1.08. The monoisotopic (exact) mass is 213 g/mol. The fourth-order valence-corrected chi connectivity index (χ4v) is 1.88. The van der Waals surface area contributed by atoms with Crippen LogP contribution in [0, 0.1) is 10.1 Å². The van der Waals surface area contributed by atoms with Gasteiger partial charge in [0.25, 0.3) is 5.69 Å². The van der Waals surface area contributed by atoms with Crippen LogP contribution in [-0.2, 0) is 0 Å². The molecule has 3 rings (SSSR count). The predicted octanol–water partition coefficient (Wildman–Crippen LogP) is 2.62. The van der Waals surface area contributed by atoms with Crippen molar-refractivity contribution in [2.45, 2.75) is 0 Å². The van der Waals surface area contributed by atoms with Gasteiger partial charge in [0.15, 0.2) is 0 Å². The molecule has 2 heterocycles. The summed E-state index contributed by atoms with van der Waals surface area (Å²) in [6, 6.07) is 8.63. The highest BCUT2D eigenvalue weighted by atomic mass is 16.6. The van der Waals surface area contributed by atoms with Crippen molar-refractivity contribution in [2.24, 2.45) is 0 Å². The molecule has 5 heteroatoms. The highest BCUT2D eigenvalue weighted by Gasteiger charge is 2.15. The van der Waals surface area contributed by atoms with Gasteiger partial charge in [0, 0.05) is 17.6 Å². The molecule has 3 aromatic rings. The number of aromatic nitrogens is 2. The molecule has 0 amide bonds. The molecule has 0 saturated carbocycles. The number of para-hydroxylation sites is 1. The van der Waals surface area contributed by atoms with Crippen LogP contribution in [0.3, 0.4) is 0 Å². The number of aromatic amines is 1. The largest absolute Gasteiger partial charge is 0.348 e. The van der Waals surface area contributed by atoms with Crippen molar-refractivity contribution in [3.63, 3.8) is 0 Å². The van der Waals surface area contributed by atoms with Gasteiger partial charge < -0.3 is 4.98 Å². The predicted molar refractivity (Wildman–Crippen MR) is 60.3 cm³/mol. The summed E-state index contributed by atoms with van der Waals surface area (Å²) in [5.41, 5.74) is 2.18. The summed E-state index contributed by atoms with van der Waals surface area (Å²) in [4.78, 5) is 17.7. The normalized spacial score (nSPS) is 11.0. The second-order valence-corrected chi connectivity index (χ2v) is 3.48. The minimum absolute atomic E-state index is 0.0792. The molecule has 1 aromatic carbocycles. The number of nitro benzene ring substituents is 1. The molecule has 1 N–H and O–H groups in total. The van der Waals surface area contributed by atoms with Crippen molar-refractivity contribution in [2.75, 3.05) is 0 Å². The molecule has 0 aliphatic heterocycles. The highest BCUT2D eigenvalue weighted by Crippen LogP contribution is 2.29. The van der Waals surface area contributed by atoms with Gasteiger partial charge in [-0.05, 0) is 12.1 Å². The summed E-state index contributed by atoms with van der Waals surface area (Å²) >= 11 is 0. The summed E-state index contributed by atoms with van der Waals surface area (Å²) in [5.74, 6) is 0. The summed E-state index contributed by atoms with van der Waals surface area (Å²) in [5, 5.41) is 11.6. The third-order valence-corrected chi connectivity index (χ3v) is 2.56. The van der Waals surface area contributed by atoms with Crippen molar-refractivity contribution in [1.82, 2.24) is 9.97 Å². The number of H-pyrrole nitrogens is 1. The smallest absolute Gasteiger partial charge is 0.293 e. The van der Waals surface area contributed by atoms with E-state index in [0.29, 0.717) is 5.52 Å². The van der Waals surface area contributed by atoms with E-state index >= 15 is 0 Å². The minimum atomic E-state index is -0.391. The number of nitrogens with zero attached hydrogens (tertiary/aromatic N) is 2. The Hall–Kier alpha value is -2.43. The number of benzene rings is 1. The van der Waals surface area contributed by atoms with Gasteiger partial charge in [-0.15, -0.1) is 0 Å². The van der Waals surface area contributed by atoms with Gasteiger partial charge in [-0.1, -0.05) is 12.1 Å². The van der Waals surface area contributed by atoms with E-state index in [-0.39, 0.29) is 5.69 Å². The average Bonchev–Trinajstić information content (AvgIpc) is 2.67. The van der Waals surface area contributed by atoms with Gasteiger partial charge in [-0.3, -0.25) is 15.1 Å². The molecule has 0 atom stereocenters. The molecular weight excluding hydrogens is 206 g/mol. The maximum atomic E-state index is 10.9. The number of hydrogen-bond acceptors (Lipinski definition) is 3. The van der Waals surface area contributed by atoms with E-state index < -0.39 is 4.92 Å². The number of fused-ring (bicyclic) bond motifs is 3. The Labute approximate surface area is 89.9 Å². The molecule has 78 valence electrons. The van der Waals surface area contributed by atoms with Gasteiger partial charge in [0.2, 0.25) is 0 Å². The molecule has 0 aliphatic rings. The van der Waals surface area contributed by atoms with Gasteiger partial charge >= 0.3 is 0 Å². The Balaban J connectivity index is 2.54. The van der Waals surface area contributed by atoms with Crippen molar-refractivity contribution in [3.8, 4) is 0 Å². The minimum Gasteiger partial charge on any atom is -0.348 e. The molecule has 5 nitrogen and oxygen atoms in total. The van der Waals surface area contributed by atoms with E-state index in [9.17, 15) is 10.1 Å². The van der Waals surface area contributed by atoms with E-state index in [1.807, 2.05) is 12.1 Å². The zero-order valence-electron chi connectivity index (χ0n) is 8.18. The lowest BCUT2D eigenvalue weighted by molar-refractivity contribution is -0.383. The molecule has 0 fully saturated rings. The van der Waals surface area contributed by atoms with Gasteiger partial charge in [0.05, 0.1) is 16.0 Å². The molecule has 0 saturated heterocycles. The van der Waals surface area contributed by atoms with E-state index in [0.717, 1.165) is 16.4 Å². The van der Waals surface area contributed by atoms with Crippen molar-refractivity contribution in [3.05, 3.63) is 46.6 Å². The Morgan fingerprint density at radius 3 is 2.94 bits per heavy atom. The zero-order chi connectivity index (χ0) is 11.1. The Bertz CT molecular complexity index is 703. The van der Waals surface area contributed by atoms with Crippen LogP contribution in [0.5, 0.6) is 0 Å².